The largest absolute Gasteiger partial charge is 0.478 e. The van der Waals surface area contributed by atoms with Crippen molar-refractivity contribution in [2.75, 3.05) is 0 Å². The highest BCUT2D eigenvalue weighted by Crippen LogP contribution is 2.24. The van der Waals surface area contributed by atoms with Crippen LogP contribution in [0.2, 0.25) is 0 Å². The van der Waals surface area contributed by atoms with Crippen LogP contribution in [-0.2, 0) is 0 Å². The first-order valence-corrected chi connectivity index (χ1v) is 5.35. The summed E-state index contributed by atoms with van der Waals surface area (Å²) in [4.78, 5) is 15.2. The molecule has 0 aliphatic rings. The van der Waals surface area contributed by atoms with Gasteiger partial charge in [-0.2, -0.15) is 0 Å². The first-order chi connectivity index (χ1) is 8.09. The molecule has 0 radical (unpaired) electrons. The summed E-state index contributed by atoms with van der Waals surface area (Å²) >= 11 is 0. The van der Waals surface area contributed by atoms with E-state index >= 15 is 0 Å². The zero-order valence-corrected chi connectivity index (χ0v) is 9.77. The number of pyridine rings is 1. The molecule has 0 aliphatic carbocycles. The number of nitrogens with zero attached hydrogens (tertiary/aromatic N) is 1. The van der Waals surface area contributed by atoms with Gasteiger partial charge in [0, 0.05) is 17.5 Å². The fourth-order valence-corrected chi connectivity index (χ4v) is 1.86. The Morgan fingerprint density at radius 2 is 2.00 bits per heavy atom. The molecule has 3 heteroatoms. The van der Waals surface area contributed by atoms with Gasteiger partial charge in [0.1, 0.15) is 0 Å². The quantitative estimate of drug-likeness (QED) is 0.857. The van der Waals surface area contributed by atoms with Crippen LogP contribution >= 0.6 is 0 Å². The van der Waals surface area contributed by atoms with Gasteiger partial charge in [-0.25, -0.2) is 4.79 Å². The average Bonchev–Trinajstić information content (AvgIpc) is 2.29. The minimum Gasteiger partial charge on any atom is -0.478 e. The molecule has 17 heavy (non-hydrogen) atoms. The SMILES string of the molecule is Cc1cc(-c2cccnc2C)ccc1C(=O)O. The zero-order valence-electron chi connectivity index (χ0n) is 9.77. The third kappa shape index (κ3) is 2.18. The summed E-state index contributed by atoms with van der Waals surface area (Å²) in [7, 11) is 0. The van der Waals surface area contributed by atoms with Crippen LogP contribution in [0, 0.1) is 13.8 Å². The molecule has 2 aromatic rings. The summed E-state index contributed by atoms with van der Waals surface area (Å²) in [6.07, 6.45) is 1.75. The van der Waals surface area contributed by atoms with Crippen molar-refractivity contribution < 1.29 is 9.90 Å². The Morgan fingerprint density at radius 1 is 1.24 bits per heavy atom. The number of rotatable bonds is 2. The molecular formula is C14H13NO2. The van der Waals surface area contributed by atoms with Crippen LogP contribution in [0.3, 0.4) is 0 Å². The number of hydrogen-bond acceptors (Lipinski definition) is 2. The predicted octanol–water partition coefficient (Wildman–Crippen LogP) is 3.06. The van der Waals surface area contributed by atoms with E-state index < -0.39 is 5.97 Å². The Hall–Kier alpha value is -2.16. The monoisotopic (exact) mass is 227 g/mol. The number of benzene rings is 1. The maximum atomic E-state index is 10.9. The number of aromatic nitrogens is 1. The Kier molecular flexibility index (Phi) is 2.91. The highest BCUT2D eigenvalue weighted by Gasteiger charge is 2.09. The second kappa shape index (κ2) is 4.37. The van der Waals surface area contributed by atoms with Crippen LogP contribution in [0.25, 0.3) is 11.1 Å². The molecule has 0 unspecified atom stereocenters. The lowest BCUT2D eigenvalue weighted by Crippen LogP contribution is -1.99. The lowest BCUT2D eigenvalue weighted by Gasteiger charge is -2.07. The zero-order chi connectivity index (χ0) is 12.4. The maximum absolute atomic E-state index is 10.9. The first kappa shape index (κ1) is 11.3. The van der Waals surface area contributed by atoms with Gasteiger partial charge >= 0.3 is 5.97 Å². The van der Waals surface area contributed by atoms with Crippen LogP contribution in [0.4, 0.5) is 0 Å². The number of aromatic carboxylic acids is 1. The number of aryl methyl sites for hydroxylation is 2. The van der Waals surface area contributed by atoms with Gasteiger partial charge < -0.3 is 5.11 Å². The van der Waals surface area contributed by atoms with E-state index in [2.05, 4.69) is 4.98 Å². The third-order valence-corrected chi connectivity index (χ3v) is 2.77. The average molecular weight is 227 g/mol. The molecule has 0 amide bonds. The molecule has 0 saturated heterocycles. The molecule has 0 atom stereocenters. The Morgan fingerprint density at radius 3 is 2.59 bits per heavy atom. The van der Waals surface area contributed by atoms with E-state index in [-0.39, 0.29) is 0 Å². The molecule has 0 aliphatic heterocycles. The maximum Gasteiger partial charge on any atom is 0.335 e. The molecule has 0 spiro atoms. The van der Waals surface area contributed by atoms with Crippen molar-refractivity contribution in [3.05, 3.63) is 53.3 Å². The standard InChI is InChI=1S/C14H13NO2/c1-9-8-11(5-6-12(9)14(16)17)13-4-3-7-15-10(13)2/h3-8H,1-2H3,(H,16,17). The van der Waals surface area contributed by atoms with Gasteiger partial charge in [0.25, 0.3) is 0 Å². The number of carbonyl (C=O) groups is 1. The van der Waals surface area contributed by atoms with Crippen LogP contribution in [-0.4, -0.2) is 16.1 Å². The normalized spacial score (nSPS) is 10.2. The number of carboxylic acids is 1. The molecule has 0 fully saturated rings. The second-order valence-corrected chi connectivity index (χ2v) is 3.97. The van der Waals surface area contributed by atoms with Gasteiger partial charge in [-0.15, -0.1) is 0 Å². The molecule has 1 N–H and O–H groups in total. The summed E-state index contributed by atoms with van der Waals surface area (Å²) in [6, 6.07) is 9.20. The van der Waals surface area contributed by atoms with Gasteiger partial charge in [-0.3, -0.25) is 4.98 Å². The van der Waals surface area contributed by atoms with E-state index in [1.165, 1.54) is 0 Å². The van der Waals surface area contributed by atoms with Gasteiger partial charge in [0.05, 0.1) is 5.56 Å². The minimum absolute atomic E-state index is 0.343. The van der Waals surface area contributed by atoms with Crippen LogP contribution in [0.15, 0.2) is 36.5 Å². The van der Waals surface area contributed by atoms with Crippen molar-refractivity contribution in [1.29, 1.82) is 0 Å². The number of carboxylic acid groups (broad SMARTS) is 1. The van der Waals surface area contributed by atoms with Gasteiger partial charge in [0.2, 0.25) is 0 Å². The van der Waals surface area contributed by atoms with E-state index in [4.69, 9.17) is 5.11 Å². The fraction of sp³-hybridized carbons (Fsp3) is 0.143. The van der Waals surface area contributed by atoms with E-state index in [1.807, 2.05) is 31.2 Å². The van der Waals surface area contributed by atoms with Crippen LogP contribution in [0.5, 0.6) is 0 Å². The molecule has 3 nitrogen and oxygen atoms in total. The molecule has 0 saturated carbocycles. The molecular weight excluding hydrogens is 214 g/mol. The van der Waals surface area contributed by atoms with E-state index in [9.17, 15) is 4.79 Å². The summed E-state index contributed by atoms with van der Waals surface area (Å²) in [5.74, 6) is -0.892. The summed E-state index contributed by atoms with van der Waals surface area (Å²) in [5, 5.41) is 8.97. The van der Waals surface area contributed by atoms with Crippen molar-refractivity contribution in [2.45, 2.75) is 13.8 Å². The van der Waals surface area contributed by atoms with Crippen molar-refractivity contribution in [2.24, 2.45) is 0 Å². The fourth-order valence-electron chi connectivity index (χ4n) is 1.86. The molecule has 1 aromatic heterocycles. The highest BCUT2D eigenvalue weighted by atomic mass is 16.4. The minimum atomic E-state index is -0.892. The van der Waals surface area contributed by atoms with Crippen LogP contribution < -0.4 is 0 Å². The summed E-state index contributed by atoms with van der Waals surface area (Å²) in [5.41, 5.74) is 4.08. The van der Waals surface area contributed by atoms with Gasteiger partial charge in [-0.1, -0.05) is 18.2 Å². The lowest BCUT2D eigenvalue weighted by molar-refractivity contribution is 0.0696. The van der Waals surface area contributed by atoms with Gasteiger partial charge in [0.15, 0.2) is 0 Å². The topological polar surface area (TPSA) is 50.2 Å². The Labute approximate surface area is 99.8 Å². The van der Waals surface area contributed by atoms with E-state index in [1.54, 1.807) is 19.2 Å². The van der Waals surface area contributed by atoms with Gasteiger partial charge in [-0.05, 0) is 37.1 Å². The first-order valence-electron chi connectivity index (χ1n) is 5.35. The van der Waals surface area contributed by atoms with Crippen molar-refractivity contribution in [1.82, 2.24) is 4.98 Å². The van der Waals surface area contributed by atoms with E-state index in [0.717, 1.165) is 22.4 Å². The lowest BCUT2D eigenvalue weighted by atomic mass is 9.99. The predicted molar refractivity (Wildman–Crippen MR) is 66.1 cm³/mol. The van der Waals surface area contributed by atoms with Crippen LogP contribution in [0.1, 0.15) is 21.6 Å². The molecule has 1 heterocycles. The molecule has 0 bridgehead atoms. The van der Waals surface area contributed by atoms with Crippen molar-refractivity contribution in [3.8, 4) is 11.1 Å². The molecule has 1 aromatic carbocycles. The smallest absolute Gasteiger partial charge is 0.335 e. The van der Waals surface area contributed by atoms with Crippen molar-refractivity contribution >= 4 is 5.97 Å². The Balaban J connectivity index is 2.52. The van der Waals surface area contributed by atoms with E-state index in [0.29, 0.717) is 5.56 Å². The highest BCUT2D eigenvalue weighted by molar-refractivity contribution is 5.90. The Bertz CT molecular complexity index is 576. The molecule has 86 valence electrons. The third-order valence-electron chi connectivity index (χ3n) is 2.77. The second-order valence-electron chi connectivity index (χ2n) is 3.97. The molecule has 2 rings (SSSR count). The number of hydrogen-bond donors (Lipinski definition) is 1. The summed E-state index contributed by atoms with van der Waals surface area (Å²) in [6.45, 7) is 3.74. The summed E-state index contributed by atoms with van der Waals surface area (Å²) < 4.78 is 0. The van der Waals surface area contributed by atoms with Crippen molar-refractivity contribution in [3.63, 3.8) is 0 Å².